The van der Waals surface area contributed by atoms with Crippen LogP contribution in [0.5, 0.6) is 0 Å². The van der Waals surface area contributed by atoms with Gasteiger partial charge in [0.15, 0.2) is 5.82 Å². The molecule has 6 aromatic carbocycles. The smallest absolute Gasteiger partial charge is 0.160 e. The van der Waals surface area contributed by atoms with E-state index in [1.165, 1.54) is 38.9 Å². The van der Waals surface area contributed by atoms with E-state index in [1.807, 2.05) is 42.6 Å². The minimum Gasteiger partial charge on any atom is -0.456 e. The summed E-state index contributed by atoms with van der Waals surface area (Å²) in [6, 6.07) is 53.8. The van der Waals surface area contributed by atoms with Crippen molar-refractivity contribution in [2.45, 2.75) is 5.41 Å². The van der Waals surface area contributed by atoms with Gasteiger partial charge in [-0.3, -0.25) is 4.98 Å². The van der Waals surface area contributed by atoms with E-state index in [2.05, 4.69) is 132 Å². The normalized spacial score (nSPS) is 15.3. The van der Waals surface area contributed by atoms with Crippen LogP contribution in [0, 0.1) is 0 Å². The van der Waals surface area contributed by atoms with Crippen molar-refractivity contribution in [3.63, 3.8) is 0 Å². The number of pyridine rings is 1. The van der Waals surface area contributed by atoms with Crippen molar-refractivity contribution < 1.29 is 4.42 Å². The zero-order valence-corrected chi connectivity index (χ0v) is 28.0. The van der Waals surface area contributed by atoms with Crippen LogP contribution in [0.4, 0.5) is 0 Å². The first-order chi connectivity index (χ1) is 25.8. The van der Waals surface area contributed by atoms with Crippen LogP contribution in [0.1, 0.15) is 33.4 Å². The van der Waals surface area contributed by atoms with Gasteiger partial charge in [0.2, 0.25) is 0 Å². The Morgan fingerprint density at radius 1 is 0.442 bits per heavy atom. The second kappa shape index (κ2) is 11.0. The maximum atomic E-state index is 6.58. The van der Waals surface area contributed by atoms with Crippen molar-refractivity contribution in [2.75, 3.05) is 0 Å². The first-order valence-electron chi connectivity index (χ1n) is 17.6. The molecule has 4 nitrogen and oxygen atoms in total. The Morgan fingerprint density at radius 3 is 2.04 bits per heavy atom. The van der Waals surface area contributed by atoms with Crippen molar-refractivity contribution >= 4 is 34.1 Å². The molecule has 2 aliphatic carbocycles. The van der Waals surface area contributed by atoms with Crippen LogP contribution >= 0.6 is 0 Å². The lowest BCUT2D eigenvalue weighted by molar-refractivity contribution is 0.666. The monoisotopic (exact) mass is 663 g/mol. The minimum atomic E-state index is -0.619. The van der Waals surface area contributed by atoms with Gasteiger partial charge in [0.1, 0.15) is 11.2 Å². The molecular formula is C48H29N3O. The number of nitrogens with zero attached hydrogens (tertiary/aromatic N) is 3. The summed E-state index contributed by atoms with van der Waals surface area (Å²) in [5.41, 5.74) is 15.5. The third kappa shape index (κ3) is 4.12. The van der Waals surface area contributed by atoms with E-state index in [-0.39, 0.29) is 0 Å². The van der Waals surface area contributed by atoms with Gasteiger partial charge in [0.05, 0.1) is 16.8 Å². The molecule has 0 saturated carbocycles. The second-order valence-corrected chi connectivity index (χ2v) is 13.6. The van der Waals surface area contributed by atoms with Crippen LogP contribution in [0.25, 0.3) is 79.1 Å². The fourth-order valence-electron chi connectivity index (χ4n) is 8.54. The number of benzene rings is 6. The van der Waals surface area contributed by atoms with Gasteiger partial charge in [0.25, 0.3) is 0 Å². The minimum absolute atomic E-state index is 0.619. The quantitative estimate of drug-likeness (QED) is 0.189. The zero-order valence-electron chi connectivity index (χ0n) is 28.0. The van der Waals surface area contributed by atoms with Crippen LogP contribution in [0.2, 0.25) is 0 Å². The highest BCUT2D eigenvalue weighted by molar-refractivity contribution is 6.08. The lowest BCUT2D eigenvalue weighted by Gasteiger charge is -2.35. The fraction of sp³-hybridized carbons (Fsp3) is 0.0208. The molecule has 0 N–H and O–H groups in total. The summed E-state index contributed by atoms with van der Waals surface area (Å²) in [5.74, 6) is 0.677. The largest absolute Gasteiger partial charge is 0.456 e. The van der Waals surface area contributed by atoms with Crippen molar-refractivity contribution in [1.29, 1.82) is 0 Å². The van der Waals surface area contributed by atoms with E-state index < -0.39 is 5.41 Å². The lowest BCUT2D eigenvalue weighted by atomic mass is 9.65. The SMILES string of the molecule is C1=Cc2ccc(-c3cc(-c4cccnc4)nc(-c4ccccc4)n3)cc2C2(c3ccccc31)c1ccccc1-c1cc3c(cc12)oc1ccccc13. The number of hydrogen-bond acceptors (Lipinski definition) is 4. The van der Waals surface area contributed by atoms with Crippen molar-refractivity contribution in [1.82, 2.24) is 15.0 Å². The van der Waals surface area contributed by atoms with Gasteiger partial charge in [-0.2, -0.15) is 0 Å². The summed E-state index contributed by atoms with van der Waals surface area (Å²) in [5, 5.41) is 2.26. The molecule has 9 aromatic rings. The van der Waals surface area contributed by atoms with Crippen LogP contribution in [-0.2, 0) is 5.41 Å². The zero-order chi connectivity index (χ0) is 34.2. The standard InChI is InChI=1S/C48H29N3O/c1-2-12-32(13-3-1)47-50-43(28-44(51-47)34-14-10-24-49-29-34)33-23-22-31-21-20-30-11-4-7-17-39(30)48(41(31)25-33)40-18-8-5-15-35(40)37-26-38-36-16-6-9-19-45(36)52-46(38)27-42(37)48/h1-29H. The predicted molar refractivity (Wildman–Crippen MR) is 210 cm³/mol. The maximum absolute atomic E-state index is 6.58. The van der Waals surface area contributed by atoms with Crippen LogP contribution < -0.4 is 0 Å². The molecule has 11 rings (SSSR count). The van der Waals surface area contributed by atoms with E-state index in [9.17, 15) is 0 Å². The molecule has 242 valence electrons. The molecule has 3 heterocycles. The molecule has 0 radical (unpaired) electrons. The third-order valence-electron chi connectivity index (χ3n) is 10.8. The van der Waals surface area contributed by atoms with Gasteiger partial charge in [-0.15, -0.1) is 0 Å². The molecule has 3 aromatic heterocycles. The van der Waals surface area contributed by atoms with E-state index in [1.54, 1.807) is 6.20 Å². The molecule has 0 fully saturated rings. The highest BCUT2D eigenvalue weighted by Crippen LogP contribution is 2.59. The van der Waals surface area contributed by atoms with Gasteiger partial charge in [0, 0.05) is 39.9 Å². The first kappa shape index (κ1) is 28.9. The molecule has 0 saturated heterocycles. The van der Waals surface area contributed by atoms with Gasteiger partial charge in [-0.25, -0.2) is 9.97 Å². The molecule has 2 aliphatic rings. The number of para-hydroxylation sites is 1. The molecule has 1 spiro atoms. The topological polar surface area (TPSA) is 51.8 Å². The molecule has 4 heteroatoms. The van der Waals surface area contributed by atoms with Crippen molar-refractivity contribution in [3.05, 3.63) is 197 Å². The van der Waals surface area contributed by atoms with Crippen LogP contribution in [0.3, 0.4) is 0 Å². The van der Waals surface area contributed by atoms with E-state index in [0.29, 0.717) is 5.82 Å². The predicted octanol–water partition coefficient (Wildman–Crippen LogP) is 11.6. The first-order valence-corrected chi connectivity index (χ1v) is 17.6. The summed E-state index contributed by atoms with van der Waals surface area (Å²) in [6.07, 6.45) is 8.18. The molecule has 0 bridgehead atoms. The molecular weight excluding hydrogens is 635 g/mol. The average Bonchev–Trinajstić information content (AvgIpc) is 3.67. The summed E-state index contributed by atoms with van der Waals surface area (Å²) in [4.78, 5) is 14.7. The molecule has 0 aliphatic heterocycles. The summed E-state index contributed by atoms with van der Waals surface area (Å²) < 4.78 is 6.58. The number of aromatic nitrogens is 3. The number of fused-ring (bicyclic) bond motifs is 12. The number of rotatable bonds is 3. The van der Waals surface area contributed by atoms with Crippen LogP contribution in [-0.4, -0.2) is 15.0 Å². The lowest BCUT2D eigenvalue weighted by Crippen LogP contribution is -2.30. The Labute approximate surface area is 300 Å². The highest BCUT2D eigenvalue weighted by atomic mass is 16.3. The summed E-state index contributed by atoms with van der Waals surface area (Å²) in [7, 11) is 0. The van der Waals surface area contributed by atoms with Gasteiger partial charge >= 0.3 is 0 Å². The molecule has 52 heavy (non-hydrogen) atoms. The van der Waals surface area contributed by atoms with E-state index >= 15 is 0 Å². The summed E-state index contributed by atoms with van der Waals surface area (Å²) in [6.45, 7) is 0. The fourth-order valence-corrected chi connectivity index (χ4v) is 8.54. The Kier molecular flexibility index (Phi) is 6.13. The Bertz CT molecular complexity index is 2850. The molecule has 1 unspecified atom stereocenters. The molecule has 1 atom stereocenters. The Hall–Kier alpha value is -6.91. The summed E-state index contributed by atoms with van der Waals surface area (Å²) >= 11 is 0. The third-order valence-corrected chi connectivity index (χ3v) is 10.8. The highest BCUT2D eigenvalue weighted by Gasteiger charge is 2.49. The maximum Gasteiger partial charge on any atom is 0.160 e. The Morgan fingerprint density at radius 2 is 1.17 bits per heavy atom. The van der Waals surface area contributed by atoms with Crippen molar-refractivity contribution in [3.8, 4) is 45.0 Å². The van der Waals surface area contributed by atoms with E-state index in [4.69, 9.17) is 14.4 Å². The van der Waals surface area contributed by atoms with Gasteiger partial charge in [-0.05, 0) is 87.0 Å². The average molecular weight is 664 g/mol. The molecule has 0 amide bonds. The number of hydrogen-bond donors (Lipinski definition) is 0. The van der Waals surface area contributed by atoms with Gasteiger partial charge in [-0.1, -0.05) is 121 Å². The van der Waals surface area contributed by atoms with Crippen LogP contribution in [0.15, 0.2) is 168 Å². The number of furan rings is 1. The van der Waals surface area contributed by atoms with E-state index in [0.717, 1.165) is 55.6 Å². The second-order valence-electron chi connectivity index (χ2n) is 13.6. The van der Waals surface area contributed by atoms with Gasteiger partial charge < -0.3 is 4.42 Å². The van der Waals surface area contributed by atoms with Crippen molar-refractivity contribution in [2.24, 2.45) is 0 Å². The Balaban J connectivity index is 1.22.